The first kappa shape index (κ1) is 14.6. The van der Waals surface area contributed by atoms with E-state index < -0.39 is 0 Å². The molecule has 0 aliphatic carbocycles. The molecule has 1 aliphatic rings. The normalized spacial score (nSPS) is 23.7. The summed E-state index contributed by atoms with van der Waals surface area (Å²) in [4.78, 5) is 11.3. The first-order valence-corrected chi connectivity index (χ1v) is 6.88. The van der Waals surface area contributed by atoms with E-state index in [1.54, 1.807) is 12.1 Å². The van der Waals surface area contributed by atoms with Crippen LogP contribution in [0.15, 0.2) is 18.2 Å². The summed E-state index contributed by atoms with van der Waals surface area (Å²) < 4.78 is 5.82. The van der Waals surface area contributed by atoms with Crippen LogP contribution in [0.4, 0.5) is 0 Å². The van der Waals surface area contributed by atoms with E-state index in [0.717, 1.165) is 12.1 Å². The van der Waals surface area contributed by atoms with Gasteiger partial charge >= 0.3 is 0 Å². The predicted molar refractivity (Wildman–Crippen MR) is 75.6 cm³/mol. The lowest BCUT2D eigenvalue weighted by Crippen LogP contribution is -2.43. The van der Waals surface area contributed by atoms with E-state index in [-0.39, 0.29) is 18.1 Å². The number of ether oxygens (including phenoxy) is 1. The van der Waals surface area contributed by atoms with E-state index in [4.69, 9.17) is 27.9 Å². The second-order valence-electron chi connectivity index (χ2n) is 4.48. The van der Waals surface area contributed by atoms with E-state index in [1.165, 1.54) is 6.92 Å². The molecule has 2 rings (SSSR count). The largest absolute Gasteiger partial charge is 0.370 e. The van der Waals surface area contributed by atoms with Crippen LogP contribution in [0.2, 0.25) is 10.0 Å². The van der Waals surface area contributed by atoms with Crippen LogP contribution in [0.3, 0.4) is 0 Å². The van der Waals surface area contributed by atoms with E-state index in [1.807, 2.05) is 6.07 Å². The summed E-state index contributed by atoms with van der Waals surface area (Å²) >= 11 is 12.0. The third-order valence-corrected chi connectivity index (χ3v) is 3.71. The molecule has 0 bridgehead atoms. The van der Waals surface area contributed by atoms with Crippen LogP contribution in [0, 0.1) is 0 Å². The van der Waals surface area contributed by atoms with Gasteiger partial charge in [-0.15, -0.1) is 0 Å². The zero-order valence-electron chi connectivity index (χ0n) is 10.6. The van der Waals surface area contributed by atoms with Crippen molar-refractivity contribution < 1.29 is 9.53 Å². The SMILES string of the molecule is CC(=O)N[C@@H]1CNCCOC1c1ccc(Cl)c(Cl)c1. The Labute approximate surface area is 122 Å². The van der Waals surface area contributed by atoms with Crippen LogP contribution >= 0.6 is 23.2 Å². The van der Waals surface area contributed by atoms with E-state index in [2.05, 4.69) is 10.6 Å². The highest BCUT2D eigenvalue weighted by Crippen LogP contribution is 2.29. The molecule has 2 N–H and O–H groups in total. The minimum atomic E-state index is -0.228. The van der Waals surface area contributed by atoms with E-state index >= 15 is 0 Å². The third kappa shape index (κ3) is 3.83. The zero-order chi connectivity index (χ0) is 13.8. The lowest BCUT2D eigenvalue weighted by atomic mass is 10.0. The van der Waals surface area contributed by atoms with Crippen molar-refractivity contribution in [2.75, 3.05) is 19.7 Å². The van der Waals surface area contributed by atoms with Crippen molar-refractivity contribution in [2.45, 2.75) is 19.1 Å². The number of hydrogen-bond acceptors (Lipinski definition) is 3. The summed E-state index contributed by atoms with van der Waals surface area (Å²) in [5.41, 5.74) is 0.914. The molecule has 1 fully saturated rings. The smallest absolute Gasteiger partial charge is 0.217 e. The highest BCUT2D eigenvalue weighted by atomic mass is 35.5. The average molecular weight is 303 g/mol. The summed E-state index contributed by atoms with van der Waals surface area (Å²) in [6, 6.07) is 5.27. The van der Waals surface area contributed by atoms with Crippen LogP contribution in [0.5, 0.6) is 0 Å². The monoisotopic (exact) mass is 302 g/mol. The Balaban J connectivity index is 2.25. The number of carbonyl (C=O) groups is 1. The molecule has 6 heteroatoms. The van der Waals surface area contributed by atoms with Crippen molar-refractivity contribution in [1.29, 1.82) is 0 Å². The van der Waals surface area contributed by atoms with Crippen molar-refractivity contribution >= 4 is 29.1 Å². The van der Waals surface area contributed by atoms with Gasteiger partial charge in [-0.2, -0.15) is 0 Å². The number of benzene rings is 1. The molecule has 0 aromatic heterocycles. The molecule has 1 heterocycles. The lowest BCUT2D eigenvalue weighted by Gasteiger charge is -2.25. The van der Waals surface area contributed by atoms with Crippen molar-refractivity contribution in [3.8, 4) is 0 Å². The molecule has 19 heavy (non-hydrogen) atoms. The number of carbonyl (C=O) groups excluding carboxylic acids is 1. The topological polar surface area (TPSA) is 50.4 Å². The van der Waals surface area contributed by atoms with Crippen molar-refractivity contribution in [3.05, 3.63) is 33.8 Å². The molecule has 1 aliphatic heterocycles. The highest BCUT2D eigenvalue weighted by molar-refractivity contribution is 6.42. The molecule has 1 unspecified atom stereocenters. The summed E-state index contributed by atoms with van der Waals surface area (Å²) in [5, 5.41) is 7.13. The van der Waals surface area contributed by atoms with Gasteiger partial charge in [-0.25, -0.2) is 0 Å². The fourth-order valence-corrected chi connectivity index (χ4v) is 2.45. The molecular weight excluding hydrogens is 287 g/mol. The molecular formula is C13H16Cl2N2O2. The third-order valence-electron chi connectivity index (χ3n) is 2.97. The van der Waals surface area contributed by atoms with Gasteiger partial charge in [-0.3, -0.25) is 4.79 Å². The standard InChI is InChI=1S/C13H16Cl2N2O2/c1-8(18)17-12-7-16-4-5-19-13(12)9-2-3-10(14)11(15)6-9/h2-3,6,12-13,16H,4-5,7H2,1H3,(H,17,18)/t12-,13?/m1/s1. The quantitative estimate of drug-likeness (QED) is 0.880. The molecule has 0 radical (unpaired) electrons. The highest BCUT2D eigenvalue weighted by Gasteiger charge is 2.27. The molecule has 1 saturated heterocycles. The number of nitrogens with one attached hydrogen (secondary N) is 2. The van der Waals surface area contributed by atoms with Crippen LogP contribution in [0.25, 0.3) is 0 Å². The fourth-order valence-electron chi connectivity index (χ4n) is 2.14. The van der Waals surface area contributed by atoms with E-state index in [9.17, 15) is 4.79 Å². The zero-order valence-corrected chi connectivity index (χ0v) is 12.1. The van der Waals surface area contributed by atoms with Gasteiger partial charge in [0.2, 0.25) is 5.91 Å². The maximum Gasteiger partial charge on any atom is 0.217 e. The predicted octanol–water partition coefficient (Wildman–Crippen LogP) is 2.16. The van der Waals surface area contributed by atoms with Gasteiger partial charge in [0.15, 0.2) is 0 Å². The van der Waals surface area contributed by atoms with Gasteiger partial charge in [0.25, 0.3) is 0 Å². The molecule has 2 atom stereocenters. The van der Waals surface area contributed by atoms with Gasteiger partial charge < -0.3 is 15.4 Å². The van der Waals surface area contributed by atoms with Gasteiger partial charge in [0, 0.05) is 20.0 Å². The van der Waals surface area contributed by atoms with Crippen LogP contribution in [-0.2, 0) is 9.53 Å². The van der Waals surface area contributed by atoms with Gasteiger partial charge in [-0.05, 0) is 17.7 Å². The molecule has 104 valence electrons. The molecule has 1 aromatic rings. The molecule has 4 nitrogen and oxygen atoms in total. The summed E-state index contributed by atoms with van der Waals surface area (Å²) in [6.07, 6.45) is -0.228. The first-order valence-electron chi connectivity index (χ1n) is 6.12. The lowest BCUT2D eigenvalue weighted by molar-refractivity contribution is -0.120. The summed E-state index contributed by atoms with van der Waals surface area (Å²) in [5.74, 6) is -0.0811. The van der Waals surface area contributed by atoms with Crippen molar-refractivity contribution in [3.63, 3.8) is 0 Å². The minimum Gasteiger partial charge on any atom is -0.370 e. The Bertz CT molecular complexity index is 468. The average Bonchev–Trinajstić information content (AvgIpc) is 2.57. The minimum absolute atomic E-state index is 0.0811. The van der Waals surface area contributed by atoms with Crippen molar-refractivity contribution in [1.82, 2.24) is 10.6 Å². The second-order valence-corrected chi connectivity index (χ2v) is 5.29. The Hall–Kier alpha value is -0.810. The molecule has 0 spiro atoms. The Morgan fingerprint density at radius 2 is 2.21 bits per heavy atom. The van der Waals surface area contributed by atoms with Crippen LogP contribution < -0.4 is 10.6 Å². The van der Waals surface area contributed by atoms with Crippen molar-refractivity contribution in [2.24, 2.45) is 0 Å². The van der Waals surface area contributed by atoms with Gasteiger partial charge in [-0.1, -0.05) is 29.3 Å². The Morgan fingerprint density at radius 3 is 2.89 bits per heavy atom. The Kier molecular flexibility index (Phi) is 5.05. The number of amides is 1. The fraction of sp³-hybridized carbons (Fsp3) is 0.462. The number of rotatable bonds is 2. The Morgan fingerprint density at radius 1 is 1.42 bits per heavy atom. The summed E-state index contributed by atoms with van der Waals surface area (Å²) in [6.45, 7) is 3.50. The maximum absolute atomic E-state index is 11.3. The summed E-state index contributed by atoms with van der Waals surface area (Å²) in [7, 11) is 0. The van der Waals surface area contributed by atoms with Gasteiger partial charge in [0.1, 0.15) is 6.10 Å². The van der Waals surface area contributed by atoms with Crippen LogP contribution in [0.1, 0.15) is 18.6 Å². The molecule has 1 amide bonds. The first-order chi connectivity index (χ1) is 9.08. The van der Waals surface area contributed by atoms with Gasteiger partial charge in [0.05, 0.1) is 22.7 Å². The number of hydrogen-bond donors (Lipinski definition) is 2. The van der Waals surface area contributed by atoms with E-state index in [0.29, 0.717) is 23.2 Å². The number of halogens is 2. The maximum atomic E-state index is 11.3. The molecule has 1 aromatic carbocycles. The molecule has 0 saturated carbocycles. The van der Waals surface area contributed by atoms with Crippen LogP contribution in [-0.4, -0.2) is 31.6 Å². The second kappa shape index (κ2) is 6.57.